The second kappa shape index (κ2) is 6.71. The highest BCUT2D eigenvalue weighted by molar-refractivity contribution is 6.35. The van der Waals surface area contributed by atoms with Crippen LogP contribution in [0.4, 0.5) is 0 Å². The number of rotatable bonds is 6. The van der Waals surface area contributed by atoms with Gasteiger partial charge in [-0.25, -0.2) is 0 Å². The standard InChI is InChI=1S/C12H13Cl2NO3/c1-2-8(7-16)11(6-15(17)18)10-4-3-9(13)5-12(10)14/h3-5,7-8,11H,2,6H2,1H3/t8-,11?/m1/s1. The fourth-order valence-electron chi connectivity index (χ4n) is 1.90. The summed E-state index contributed by atoms with van der Waals surface area (Å²) in [5, 5.41) is 11.5. The molecule has 0 aliphatic carbocycles. The molecule has 98 valence electrons. The van der Waals surface area contributed by atoms with Gasteiger partial charge in [0.2, 0.25) is 6.54 Å². The van der Waals surface area contributed by atoms with E-state index in [0.29, 0.717) is 22.0 Å². The molecule has 2 atom stereocenters. The van der Waals surface area contributed by atoms with Gasteiger partial charge in [0.1, 0.15) is 6.29 Å². The van der Waals surface area contributed by atoms with Crippen molar-refractivity contribution >= 4 is 29.5 Å². The van der Waals surface area contributed by atoms with Crippen LogP contribution in [0.15, 0.2) is 18.2 Å². The van der Waals surface area contributed by atoms with Crippen LogP contribution in [0.5, 0.6) is 0 Å². The number of aldehydes is 1. The van der Waals surface area contributed by atoms with Gasteiger partial charge in [-0.2, -0.15) is 0 Å². The van der Waals surface area contributed by atoms with Crippen molar-refractivity contribution in [1.82, 2.24) is 0 Å². The monoisotopic (exact) mass is 289 g/mol. The Labute approximate surface area is 115 Å². The zero-order valence-corrected chi connectivity index (χ0v) is 11.3. The predicted molar refractivity (Wildman–Crippen MR) is 70.9 cm³/mol. The summed E-state index contributed by atoms with van der Waals surface area (Å²) in [6, 6.07) is 4.79. The van der Waals surface area contributed by atoms with E-state index in [9.17, 15) is 14.9 Å². The summed E-state index contributed by atoms with van der Waals surface area (Å²) in [7, 11) is 0. The highest BCUT2D eigenvalue weighted by atomic mass is 35.5. The van der Waals surface area contributed by atoms with Gasteiger partial charge in [-0.1, -0.05) is 36.2 Å². The third-order valence-electron chi connectivity index (χ3n) is 2.87. The van der Waals surface area contributed by atoms with Crippen molar-refractivity contribution in [2.24, 2.45) is 5.92 Å². The Morgan fingerprint density at radius 2 is 2.11 bits per heavy atom. The van der Waals surface area contributed by atoms with E-state index in [1.165, 1.54) is 6.07 Å². The van der Waals surface area contributed by atoms with Crippen LogP contribution < -0.4 is 0 Å². The Morgan fingerprint density at radius 1 is 1.44 bits per heavy atom. The Hall–Kier alpha value is -1.13. The van der Waals surface area contributed by atoms with Crippen molar-refractivity contribution in [3.8, 4) is 0 Å². The van der Waals surface area contributed by atoms with Gasteiger partial charge in [0.25, 0.3) is 0 Å². The molecule has 1 aromatic rings. The zero-order valence-electron chi connectivity index (χ0n) is 9.81. The van der Waals surface area contributed by atoms with Crippen molar-refractivity contribution in [2.45, 2.75) is 19.3 Å². The minimum Gasteiger partial charge on any atom is -0.303 e. The van der Waals surface area contributed by atoms with Gasteiger partial charge < -0.3 is 4.79 Å². The molecule has 0 N–H and O–H groups in total. The van der Waals surface area contributed by atoms with Gasteiger partial charge in [-0.3, -0.25) is 10.1 Å². The van der Waals surface area contributed by atoms with Gasteiger partial charge in [-0.05, 0) is 24.1 Å². The molecule has 0 spiro atoms. The first-order valence-electron chi connectivity index (χ1n) is 5.51. The molecule has 18 heavy (non-hydrogen) atoms. The number of hydrogen-bond acceptors (Lipinski definition) is 3. The average Bonchev–Trinajstić information content (AvgIpc) is 2.29. The van der Waals surface area contributed by atoms with Gasteiger partial charge in [-0.15, -0.1) is 0 Å². The Morgan fingerprint density at radius 3 is 2.56 bits per heavy atom. The van der Waals surface area contributed by atoms with Crippen LogP contribution in [0, 0.1) is 16.0 Å². The highest BCUT2D eigenvalue weighted by Gasteiger charge is 2.28. The summed E-state index contributed by atoms with van der Waals surface area (Å²) >= 11 is 11.8. The van der Waals surface area contributed by atoms with Crippen LogP contribution in [0.1, 0.15) is 24.8 Å². The van der Waals surface area contributed by atoms with E-state index in [2.05, 4.69) is 0 Å². The van der Waals surface area contributed by atoms with Crippen molar-refractivity contribution in [2.75, 3.05) is 6.54 Å². The Balaban J connectivity index is 3.15. The maximum atomic E-state index is 11.0. The topological polar surface area (TPSA) is 60.2 Å². The SMILES string of the molecule is CC[C@H](C=O)C(C[N+](=O)[O-])c1ccc(Cl)cc1Cl. The molecule has 4 nitrogen and oxygen atoms in total. The summed E-state index contributed by atoms with van der Waals surface area (Å²) in [5.74, 6) is -0.943. The molecule has 0 amide bonds. The molecular formula is C12H13Cl2NO3. The number of hydrogen-bond donors (Lipinski definition) is 0. The highest BCUT2D eigenvalue weighted by Crippen LogP contribution is 2.33. The molecule has 0 saturated heterocycles. The maximum absolute atomic E-state index is 11.0. The molecule has 0 aliphatic rings. The van der Waals surface area contributed by atoms with Crippen LogP contribution in [0.3, 0.4) is 0 Å². The maximum Gasteiger partial charge on any atom is 0.211 e. The fraction of sp³-hybridized carbons (Fsp3) is 0.417. The van der Waals surface area contributed by atoms with Crippen molar-refractivity contribution in [3.05, 3.63) is 43.9 Å². The molecule has 0 aromatic heterocycles. The van der Waals surface area contributed by atoms with E-state index in [1.54, 1.807) is 12.1 Å². The third kappa shape index (κ3) is 3.68. The largest absolute Gasteiger partial charge is 0.303 e. The lowest BCUT2D eigenvalue weighted by molar-refractivity contribution is -0.484. The predicted octanol–water partition coefficient (Wildman–Crippen LogP) is 3.58. The normalized spacial score (nSPS) is 13.9. The van der Waals surface area contributed by atoms with Crippen molar-refractivity contribution < 1.29 is 9.72 Å². The molecule has 1 unspecified atom stereocenters. The summed E-state index contributed by atoms with van der Waals surface area (Å²) in [5.41, 5.74) is 0.594. The average molecular weight is 290 g/mol. The second-order valence-corrected chi connectivity index (χ2v) is 4.84. The van der Waals surface area contributed by atoms with Gasteiger partial charge in [0.15, 0.2) is 0 Å². The number of carbonyl (C=O) groups is 1. The van der Waals surface area contributed by atoms with E-state index in [-0.39, 0.29) is 6.54 Å². The van der Waals surface area contributed by atoms with Crippen LogP contribution >= 0.6 is 23.2 Å². The van der Waals surface area contributed by atoms with Gasteiger partial charge in [0, 0.05) is 20.9 Å². The summed E-state index contributed by atoms with van der Waals surface area (Å²) in [4.78, 5) is 21.3. The van der Waals surface area contributed by atoms with Crippen LogP contribution in [-0.4, -0.2) is 17.8 Å². The zero-order chi connectivity index (χ0) is 13.7. The summed E-state index contributed by atoms with van der Waals surface area (Å²) < 4.78 is 0. The molecule has 6 heteroatoms. The number of halogens is 2. The number of carbonyl (C=O) groups excluding carboxylic acids is 1. The molecule has 0 bridgehead atoms. The number of nitrogens with zero attached hydrogens (tertiary/aromatic N) is 1. The lowest BCUT2D eigenvalue weighted by Crippen LogP contribution is -2.22. The van der Waals surface area contributed by atoms with Crippen molar-refractivity contribution in [3.63, 3.8) is 0 Å². The molecule has 0 aliphatic heterocycles. The molecule has 0 radical (unpaired) electrons. The van der Waals surface area contributed by atoms with Crippen LogP contribution in [0.2, 0.25) is 10.0 Å². The molecule has 0 heterocycles. The minimum atomic E-state index is -0.521. The fourth-order valence-corrected chi connectivity index (χ4v) is 2.45. The van der Waals surface area contributed by atoms with Crippen LogP contribution in [-0.2, 0) is 4.79 Å². The van der Waals surface area contributed by atoms with Crippen LogP contribution in [0.25, 0.3) is 0 Å². The first-order chi connectivity index (χ1) is 8.49. The van der Waals surface area contributed by atoms with E-state index in [1.807, 2.05) is 6.92 Å². The lowest BCUT2D eigenvalue weighted by atomic mass is 9.85. The minimum absolute atomic E-state index is 0.321. The van der Waals surface area contributed by atoms with E-state index in [4.69, 9.17) is 23.2 Å². The van der Waals surface area contributed by atoms with E-state index >= 15 is 0 Å². The van der Waals surface area contributed by atoms with Crippen molar-refractivity contribution in [1.29, 1.82) is 0 Å². The lowest BCUT2D eigenvalue weighted by Gasteiger charge is -2.19. The van der Waals surface area contributed by atoms with E-state index in [0.717, 1.165) is 6.29 Å². The first kappa shape index (κ1) is 14.9. The second-order valence-electron chi connectivity index (χ2n) is 4.00. The third-order valence-corrected chi connectivity index (χ3v) is 3.43. The molecule has 0 saturated carbocycles. The Bertz CT molecular complexity index is 451. The summed E-state index contributed by atoms with van der Waals surface area (Å²) in [6.07, 6.45) is 1.28. The van der Waals surface area contributed by atoms with Gasteiger partial charge >= 0.3 is 0 Å². The molecule has 0 fully saturated rings. The first-order valence-corrected chi connectivity index (χ1v) is 6.27. The number of benzene rings is 1. The quantitative estimate of drug-likeness (QED) is 0.457. The summed E-state index contributed by atoms with van der Waals surface area (Å²) in [6.45, 7) is 1.49. The number of nitro groups is 1. The Kier molecular flexibility index (Phi) is 5.56. The smallest absolute Gasteiger partial charge is 0.211 e. The van der Waals surface area contributed by atoms with Gasteiger partial charge in [0.05, 0.1) is 5.92 Å². The molecule has 1 aromatic carbocycles. The molecule has 1 rings (SSSR count). The van der Waals surface area contributed by atoms with E-state index < -0.39 is 16.8 Å². The molecular weight excluding hydrogens is 277 g/mol.